The highest BCUT2D eigenvalue weighted by atomic mass is 35.5. The van der Waals surface area contributed by atoms with Crippen molar-refractivity contribution in [3.63, 3.8) is 0 Å². The van der Waals surface area contributed by atoms with E-state index in [0.717, 1.165) is 17.1 Å². The van der Waals surface area contributed by atoms with Gasteiger partial charge in [0.05, 0.1) is 0 Å². The van der Waals surface area contributed by atoms with E-state index >= 15 is 0 Å². The Morgan fingerprint density at radius 2 is 1.94 bits per heavy atom. The van der Waals surface area contributed by atoms with Gasteiger partial charge in [0.15, 0.2) is 0 Å². The van der Waals surface area contributed by atoms with Crippen LogP contribution in [0.5, 0.6) is 0 Å². The Kier molecular flexibility index (Phi) is 3.35. The molecule has 2 aromatic carbocycles. The number of rotatable bonds is 2. The highest BCUT2D eigenvalue weighted by Gasteiger charge is 2.16. The van der Waals surface area contributed by atoms with Gasteiger partial charge in [-0.2, -0.15) is 0 Å². The number of halogens is 1. The molecule has 0 aliphatic carbocycles. The van der Waals surface area contributed by atoms with Crippen molar-refractivity contribution in [1.29, 1.82) is 0 Å². The van der Waals surface area contributed by atoms with Crippen molar-refractivity contribution < 1.29 is 0 Å². The minimum absolute atomic E-state index is 0.507. The monoisotopic (exact) mass is 257 g/mol. The number of benzene rings is 2. The Morgan fingerprint density at radius 1 is 1.06 bits per heavy atom. The molecule has 0 aromatic heterocycles. The molecule has 1 N–H and O–H groups in total. The van der Waals surface area contributed by atoms with Crippen LogP contribution in [0.2, 0.25) is 5.02 Å². The molecular formula is C16H16ClN. The fraction of sp³-hybridized carbons (Fsp3) is 0.250. The van der Waals surface area contributed by atoms with Crippen LogP contribution in [0.3, 0.4) is 0 Å². The third-order valence-electron chi connectivity index (χ3n) is 3.53. The standard InChI is InChI=1S/C16H16ClN/c17-15-8-2-1-7-14(15)12-5-3-6-13(11-12)16-9-4-10-18-16/h1-3,5-8,11,16,18H,4,9-10H2. The SMILES string of the molecule is Clc1ccccc1-c1cccc(C2CCCN2)c1. The van der Waals surface area contributed by atoms with Gasteiger partial charge in [-0.1, -0.05) is 48.0 Å². The fourth-order valence-electron chi connectivity index (χ4n) is 2.59. The van der Waals surface area contributed by atoms with Gasteiger partial charge in [-0.25, -0.2) is 0 Å². The second kappa shape index (κ2) is 5.13. The van der Waals surface area contributed by atoms with Crippen molar-refractivity contribution in [2.24, 2.45) is 0 Å². The first-order valence-electron chi connectivity index (χ1n) is 6.43. The summed E-state index contributed by atoms with van der Waals surface area (Å²) < 4.78 is 0. The van der Waals surface area contributed by atoms with E-state index in [1.54, 1.807) is 0 Å². The third kappa shape index (κ3) is 2.29. The summed E-state index contributed by atoms with van der Waals surface area (Å²) in [5, 5.41) is 4.35. The average Bonchev–Trinajstić information content (AvgIpc) is 2.93. The molecule has 2 aromatic rings. The van der Waals surface area contributed by atoms with E-state index in [9.17, 15) is 0 Å². The van der Waals surface area contributed by atoms with Crippen LogP contribution in [-0.4, -0.2) is 6.54 Å². The fourth-order valence-corrected chi connectivity index (χ4v) is 2.83. The molecule has 1 unspecified atom stereocenters. The zero-order valence-electron chi connectivity index (χ0n) is 10.2. The molecule has 0 spiro atoms. The first-order chi connectivity index (χ1) is 8.84. The average molecular weight is 258 g/mol. The van der Waals surface area contributed by atoms with E-state index < -0.39 is 0 Å². The van der Waals surface area contributed by atoms with Gasteiger partial charge in [-0.3, -0.25) is 0 Å². The zero-order chi connectivity index (χ0) is 12.4. The molecular weight excluding hydrogens is 242 g/mol. The van der Waals surface area contributed by atoms with Crippen LogP contribution >= 0.6 is 11.6 Å². The lowest BCUT2D eigenvalue weighted by atomic mass is 9.99. The molecule has 1 atom stereocenters. The van der Waals surface area contributed by atoms with Crippen molar-refractivity contribution in [2.75, 3.05) is 6.54 Å². The summed E-state index contributed by atoms with van der Waals surface area (Å²) in [7, 11) is 0. The van der Waals surface area contributed by atoms with E-state index in [4.69, 9.17) is 11.6 Å². The second-order valence-corrected chi connectivity index (χ2v) is 5.16. The first-order valence-corrected chi connectivity index (χ1v) is 6.80. The van der Waals surface area contributed by atoms with Crippen molar-refractivity contribution >= 4 is 11.6 Å². The lowest BCUT2D eigenvalue weighted by Gasteiger charge is -2.12. The molecule has 0 saturated carbocycles. The predicted molar refractivity (Wildman–Crippen MR) is 76.9 cm³/mol. The Bertz CT molecular complexity index is 544. The smallest absolute Gasteiger partial charge is 0.0484 e. The first kappa shape index (κ1) is 11.8. The van der Waals surface area contributed by atoms with Gasteiger partial charge >= 0.3 is 0 Å². The summed E-state index contributed by atoms with van der Waals surface area (Å²) in [5.41, 5.74) is 3.68. The molecule has 0 amide bonds. The lowest BCUT2D eigenvalue weighted by molar-refractivity contribution is 0.648. The van der Waals surface area contributed by atoms with E-state index in [1.807, 2.05) is 18.2 Å². The van der Waals surface area contributed by atoms with Gasteiger partial charge < -0.3 is 5.32 Å². The maximum atomic E-state index is 6.26. The molecule has 1 nitrogen and oxygen atoms in total. The van der Waals surface area contributed by atoms with Crippen LogP contribution in [0.4, 0.5) is 0 Å². The van der Waals surface area contributed by atoms with Gasteiger partial charge in [0.25, 0.3) is 0 Å². The topological polar surface area (TPSA) is 12.0 Å². The molecule has 3 rings (SSSR count). The summed E-state index contributed by atoms with van der Waals surface area (Å²) in [6.45, 7) is 1.13. The quantitative estimate of drug-likeness (QED) is 0.839. The summed E-state index contributed by atoms with van der Waals surface area (Å²) >= 11 is 6.26. The summed E-state index contributed by atoms with van der Waals surface area (Å²) in [6, 6.07) is 17.2. The van der Waals surface area contributed by atoms with Crippen molar-refractivity contribution in [3.05, 3.63) is 59.1 Å². The summed E-state index contributed by atoms with van der Waals surface area (Å²) in [4.78, 5) is 0. The van der Waals surface area contributed by atoms with Gasteiger partial charge in [0, 0.05) is 16.6 Å². The molecule has 1 aliphatic heterocycles. The minimum atomic E-state index is 0.507. The Hall–Kier alpha value is -1.31. The maximum Gasteiger partial charge on any atom is 0.0484 e. The molecule has 0 bridgehead atoms. The lowest BCUT2D eigenvalue weighted by Crippen LogP contribution is -2.12. The van der Waals surface area contributed by atoms with Gasteiger partial charge in [-0.15, -0.1) is 0 Å². The van der Waals surface area contributed by atoms with E-state index in [-0.39, 0.29) is 0 Å². The highest BCUT2D eigenvalue weighted by Crippen LogP contribution is 2.31. The minimum Gasteiger partial charge on any atom is -0.310 e. The van der Waals surface area contributed by atoms with Crippen LogP contribution in [-0.2, 0) is 0 Å². The normalized spacial score (nSPS) is 19.1. The van der Waals surface area contributed by atoms with Crippen LogP contribution in [0.25, 0.3) is 11.1 Å². The zero-order valence-corrected chi connectivity index (χ0v) is 11.0. The second-order valence-electron chi connectivity index (χ2n) is 4.75. The van der Waals surface area contributed by atoms with Crippen molar-refractivity contribution in [1.82, 2.24) is 5.32 Å². The van der Waals surface area contributed by atoms with E-state index in [2.05, 4.69) is 35.6 Å². The number of nitrogens with one attached hydrogen (secondary N) is 1. The summed E-state index contributed by atoms with van der Waals surface area (Å²) in [6.07, 6.45) is 2.49. The van der Waals surface area contributed by atoms with Crippen LogP contribution < -0.4 is 5.32 Å². The number of hydrogen-bond acceptors (Lipinski definition) is 1. The van der Waals surface area contributed by atoms with E-state index in [1.165, 1.54) is 24.0 Å². The largest absolute Gasteiger partial charge is 0.310 e. The van der Waals surface area contributed by atoms with Crippen LogP contribution in [0.1, 0.15) is 24.4 Å². The molecule has 0 radical (unpaired) electrons. The predicted octanol–water partition coefficient (Wildman–Crippen LogP) is 4.43. The molecule has 2 heteroatoms. The van der Waals surface area contributed by atoms with Crippen molar-refractivity contribution in [3.8, 4) is 11.1 Å². The number of hydrogen-bond donors (Lipinski definition) is 1. The van der Waals surface area contributed by atoms with Crippen molar-refractivity contribution in [2.45, 2.75) is 18.9 Å². The third-order valence-corrected chi connectivity index (χ3v) is 3.86. The Balaban J connectivity index is 1.98. The van der Waals surface area contributed by atoms with Gasteiger partial charge in [0.2, 0.25) is 0 Å². The van der Waals surface area contributed by atoms with Gasteiger partial charge in [-0.05, 0) is 42.6 Å². The Labute approximate surface area is 113 Å². The molecule has 1 aliphatic rings. The molecule has 1 heterocycles. The maximum absolute atomic E-state index is 6.26. The van der Waals surface area contributed by atoms with Gasteiger partial charge in [0.1, 0.15) is 0 Å². The van der Waals surface area contributed by atoms with E-state index in [0.29, 0.717) is 6.04 Å². The summed E-state index contributed by atoms with van der Waals surface area (Å²) in [5.74, 6) is 0. The van der Waals surface area contributed by atoms with Crippen LogP contribution in [0, 0.1) is 0 Å². The molecule has 1 fully saturated rings. The molecule has 92 valence electrons. The molecule has 18 heavy (non-hydrogen) atoms. The Morgan fingerprint density at radius 3 is 2.72 bits per heavy atom. The van der Waals surface area contributed by atoms with Crippen LogP contribution in [0.15, 0.2) is 48.5 Å². The molecule has 1 saturated heterocycles. The highest BCUT2D eigenvalue weighted by molar-refractivity contribution is 6.33.